The molecule has 1 amide bonds. The van der Waals surface area contributed by atoms with Crippen LogP contribution in [0.4, 0.5) is 0 Å². The molecule has 0 bridgehead atoms. The van der Waals surface area contributed by atoms with Crippen LogP contribution < -0.4 is 10.1 Å². The van der Waals surface area contributed by atoms with E-state index in [1.54, 1.807) is 0 Å². The summed E-state index contributed by atoms with van der Waals surface area (Å²) in [4.78, 5) is 13.0. The Morgan fingerprint density at radius 2 is 1.96 bits per heavy atom. The minimum absolute atomic E-state index is 0.0736. The topological polar surface area (TPSA) is 43.3 Å². The second kappa shape index (κ2) is 7.11. The van der Waals surface area contributed by atoms with Crippen LogP contribution in [0.15, 0.2) is 24.3 Å². The molecule has 4 rings (SSSR count). The van der Waals surface area contributed by atoms with E-state index in [2.05, 4.69) is 22.9 Å². The summed E-state index contributed by atoms with van der Waals surface area (Å²) in [5.41, 5.74) is 1.85. The molecule has 1 aliphatic carbocycles. The van der Waals surface area contributed by atoms with Gasteiger partial charge in [-0.05, 0) is 31.4 Å². The van der Waals surface area contributed by atoms with Gasteiger partial charge in [0.25, 0.3) is 5.91 Å². The van der Waals surface area contributed by atoms with E-state index >= 15 is 0 Å². The third kappa shape index (κ3) is 3.26. The van der Waals surface area contributed by atoms with Crippen LogP contribution in [0, 0.1) is 0 Å². The standard InChI is InChI=1S/C21H28N2O2/c1-2-17-14-23-18(13-15-9-8-12-19(25-17)20(15)23)21(24)22-16-10-6-4-3-5-7-11-16/h8-9,12-13,16-17H,2-7,10-11,14H2,1H3,(H,22,24)/t17-/m0/s1. The molecule has 2 aromatic rings. The Labute approximate surface area is 149 Å². The van der Waals surface area contributed by atoms with Gasteiger partial charge in [0.2, 0.25) is 0 Å². The molecule has 1 aliphatic heterocycles. The Morgan fingerprint density at radius 1 is 1.20 bits per heavy atom. The quantitative estimate of drug-likeness (QED) is 0.883. The fourth-order valence-corrected chi connectivity index (χ4v) is 4.26. The summed E-state index contributed by atoms with van der Waals surface area (Å²) in [6.07, 6.45) is 9.69. The lowest BCUT2D eigenvalue weighted by atomic mass is 9.96. The number of benzene rings is 1. The first kappa shape index (κ1) is 16.5. The van der Waals surface area contributed by atoms with Crippen molar-refractivity contribution in [2.45, 2.75) is 77.0 Å². The number of carbonyl (C=O) groups excluding carboxylic acids is 1. The van der Waals surface area contributed by atoms with E-state index < -0.39 is 0 Å². The highest BCUT2D eigenvalue weighted by Gasteiger charge is 2.26. The summed E-state index contributed by atoms with van der Waals surface area (Å²) in [6, 6.07) is 8.43. The maximum absolute atomic E-state index is 13.0. The lowest BCUT2D eigenvalue weighted by molar-refractivity contribution is 0.0914. The summed E-state index contributed by atoms with van der Waals surface area (Å²) in [6.45, 7) is 2.89. The van der Waals surface area contributed by atoms with Crippen molar-refractivity contribution in [2.24, 2.45) is 0 Å². The number of hydrogen-bond donors (Lipinski definition) is 1. The first-order chi connectivity index (χ1) is 12.3. The number of nitrogens with one attached hydrogen (secondary N) is 1. The number of hydrogen-bond acceptors (Lipinski definition) is 2. The molecule has 1 aromatic heterocycles. The molecule has 0 spiro atoms. The van der Waals surface area contributed by atoms with Crippen molar-refractivity contribution in [3.8, 4) is 5.75 Å². The molecule has 25 heavy (non-hydrogen) atoms. The zero-order chi connectivity index (χ0) is 17.2. The maximum Gasteiger partial charge on any atom is 0.268 e. The van der Waals surface area contributed by atoms with E-state index in [4.69, 9.17) is 4.74 Å². The van der Waals surface area contributed by atoms with Crippen LogP contribution in [-0.4, -0.2) is 22.6 Å². The van der Waals surface area contributed by atoms with Gasteiger partial charge in [-0.1, -0.05) is 51.2 Å². The van der Waals surface area contributed by atoms with Crippen LogP contribution in [0.5, 0.6) is 5.75 Å². The Balaban J connectivity index is 1.61. The monoisotopic (exact) mass is 340 g/mol. The predicted octanol–water partition coefficient (Wildman–Crippen LogP) is 4.66. The average Bonchev–Trinajstić information content (AvgIpc) is 2.97. The van der Waals surface area contributed by atoms with E-state index in [-0.39, 0.29) is 12.0 Å². The van der Waals surface area contributed by atoms with Gasteiger partial charge in [0.05, 0.1) is 12.1 Å². The van der Waals surface area contributed by atoms with Gasteiger partial charge in [0, 0.05) is 11.4 Å². The molecule has 2 heterocycles. The maximum atomic E-state index is 13.0. The largest absolute Gasteiger partial charge is 0.486 e. The Bertz CT molecular complexity index is 757. The first-order valence-electron chi connectivity index (χ1n) is 9.86. The van der Waals surface area contributed by atoms with E-state index in [0.29, 0.717) is 6.04 Å². The Hall–Kier alpha value is -1.97. The van der Waals surface area contributed by atoms with Gasteiger partial charge in [-0.15, -0.1) is 0 Å². The van der Waals surface area contributed by atoms with Crippen molar-refractivity contribution in [2.75, 3.05) is 0 Å². The minimum atomic E-state index is 0.0736. The minimum Gasteiger partial charge on any atom is -0.486 e. The van der Waals surface area contributed by atoms with Gasteiger partial charge in [-0.25, -0.2) is 0 Å². The lowest BCUT2D eigenvalue weighted by Crippen LogP contribution is -2.37. The predicted molar refractivity (Wildman–Crippen MR) is 100 cm³/mol. The molecule has 4 heteroatoms. The van der Waals surface area contributed by atoms with E-state index in [1.807, 2.05) is 18.2 Å². The Morgan fingerprint density at radius 3 is 2.72 bits per heavy atom. The molecule has 1 aromatic carbocycles. The fourth-order valence-electron chi connectivity index (χ4n) is 4.26. The van der Waals surface area contributed by atoms with Crippen molar-refractivity contribution < 1.29 is 9.53 Å². The first-order valence-corrected chi connectivity index (χ1v) is 9.86. The highest BCUT2D eigenvalue weighted by molar-refractivity contribution is 6.00. The van der Waals surface area contributed by atoms with Gasteiger partial charge >= 0.3 is 0 Å². The Kier molecular flexibility index (Phi) is 4.69. The van der Waals surface area contributed by atoms with Crippen molar-refractivity contribution >= 4 is 16.8 Å². The number of amides is 1. The molecule has 0 unspecified atom stereocenters. The van der Waals surface area contributed by atoms with Crippen LogP contribution >= 0.6 is 0 Å². The van der Waals surface area contributed by atoms with Crippen LogP contribution in [0.2, 0.25) is 0 Å². The molecule has 1 fully saturated rings. The van der Waals surface area contributed by atoms with Gasteiger partial charge < -0.3 is 14.6 Å². The molecule has 0 saturated heterocycles. The second-order valence-electron chi connectivity index (χ2n) is 7.50. The molecular weight excluding hydrogens is 312 g/mol. The summed E-state index contributed by atoms with van der Waals surface area (Å²) in [7, 11) is 0. The van der Waals surface area contributed by atoms with Crippen LogP contribution in [0.1, 0.15) is 68.8 Å². The molecule has 1 saturated carbocycles. The van der Waals surface area contributed by atoms with Crippen LogP contribution in [-0.2, 0) is 6.54 Å². The van der Waals surface area contributed by atoms with Gasteiger partial charge in [0.1, 0.15) is 17.5 Å². The smallest absolute Gasteiger partial charge is 0.268 e. The van der Waals surface area contributed by atoms with E-state index in [9.17, 15) is 4.79 Å². The number of para-hydroxylation sites is 1. The number of aromatic nitrogens is 1. The van der Waals surface area contributed by atoms with Crippen molar-refractivity contribution in [1.82, 2.24) is 9.88 Å². The second-order valence-corrected chi connectivity index (χ2v) is 7.50. The molecule has 1 N–H and O–H groups in total. The zero-order valence-electron chi connectivity index (χ0n) is 15.1. The lowest BCUT2D eigenvalue weighted by Gasteiger charge is -2.27. The van der Waals surface area contributed by atoms with E-state index in [1.165, 1.54) is 32.1 Å². The molecule has 0 radical (unpaired) electrons. The highest BCUT2D eigenvalue weighted by Crippen LogP contribution is 2.34. The normalized spacial score (nSPS) is 21.4. The summed E-state index contributed by atoms with van der Waals surface area (Å²) >= 11 is 0. The van der Waals surface area contributed by atoms with Gasteiger partial charge in [-0.2, -0.15) is 0 Å². The van der Waals surface area contributed by atoms with Crippen molar-refractivity contribution in [1.29, 1.82) is 0 Å². The van der Waals surface area contributed by atoms with Crippen molar-refractivity contribution in [3.05, 3.63) is 30.0 Å². The molecule has 2 aliphatic rings. The summed E-state index contributed by atoms with van der Waals surface area (Å²) in [5, 5.41) is 4.41. The summed E-state index contributed by atoms with van der Waals surface area (Å²) in [5.74, 6) is 0.977. The molecule has 1 atom stereocenters. The third-order valence-electron chi connectivity index (χ3n) is 5.69. The average molecular weight is 340 g/mol. The van der Waals surface area contributed by atoms with Gasteiger partial charge in [-0.3, -0.25) is 4.79 Å². The number of ether oxygens (including phenoxy) is 1. The van der Waals surface area contributed by atoms with E-state index in [0.717, 1.165) is 48.2 Å². The number of nitrogens with zero attached hydrogens (tertiary/aromatic N) is 1. The molecule has 4 nitrogen and oxygen atoms in total. The molecule has 134 valence electrons. The highest BCUT2D eigenvalue weighted by atomic mass is 16.5. The summed E-state index contributed by atoms with van der Waals surface area (Å²) < 4.78 is 8.24. The van der Waals surface area contributed by atoms with Gasteiger partial charge in [0.15, 0.2) is 0 Å². The molecular formula is C21H28N2O2. The number of carbonyl (C=O) groups is 1. The SMILES string of the molecule is CC[C@H]1Cn2c(C(=O)NC3CCCCCCC3)cc3cccc(c32)O1. The van der Waals surface area contributed by atoms with Crippen LogP contribution in [0.25, 0.3) is 10.9 Å². The van der Waals surface area contributed by atoms with Crippen LogP contribution in [0.3, 0.4) is 0 Å². The fraction of sp³-hybridized carbons (Fsp3) is 0.571. The zero-order valence-corrected chi connectivity index (χ0v) is 15.1. The third-order valence-corrected chi connectivity index (χ3v) is 5.69. The van der Waals surface area contributed by atoms with Crippen molar-refractivity contribution in [3.63, 3.8) is 0 Å². The number of rotatable bonds is 3.